The molecule has 1 atom stereocenters. The number of rotatable bonds is 7. The van der Waals surface area contributed by atoms with Gasteiger partial charge in [-0.2, -0.15) is 0 Å². The first-order chi connectivity index (χ1) is 15.1. The van der Waals surface area contributed by atoms with E-state index >= 15 is 0 Å². The summed E-state index contributed by atoms with van der Waals surface area (Å²) in [5, 5.41) is 3.10. The van der Waals surface area contributed by atoms with Gasteiger partial charge in [0.15, 0.2) is 5.76 Å². The molecule has 0 spiro atoms. The second kappa shape index (κ2) is 9.64. The third kappa shape index (κ3) is 5.05. The largest absolute Gasteiger partial charge is 0.467 e. The van der Waals surface area contributed by atoms with Gasteiger partial charge in [-0.15, -0.1) is 0 Å². The molecule has 1 aliphatic rings. The molecule has 0 saturated heterocycles. The first kappa shape index (κ1) is 20.9. The first-order valence-corrected chi connectivity index (χ1v) is 10.5. The Morgan fingerprint density at radius 1 is 1.00 bits per heavy atom. The number of nitrogens with zero attached hydrogens (tertiary/aromatic N) is 1. The highest BCUT2D eigenvalue weighted by Crippen LogP contribution is 2.28. The number of carbonyl (C=O) groups excluding carboxylic acids is 2. The maximum absolute atomic E-state index is 13.6. The van der Waals surface area contributed by atoms with Crippen molar-refractivity contribution in [3.05, 3.63) is 84.0 Å². The number of hydrogen-bond acceptors (Lipinski definition) is 4. The van der Waals surface area contributed by atoms with Crippen molar-refractivity contribution in [1.29, 1.82) is 0 Å². The van der Waals surface area contributed by atoms with Gasteiger partial charge in [0.25, 0.3) is 5.91 Å². The van der Waals surface area contributed by atoms with Crippen molar-refractivity contribution in [1.82, 2.24) is 10.2 Å². The molecule has 7 heteroatoms. The van der Waals surface area contributed by atoms with Gasteiger partial charge in [-0.05, 0) is 54.8 Å². The fourth-order valence-corrected chi connectivity index (χ4v) is 4.04. The molecule has 0 radical (unpaired) electrons. The Balaban J connectivity index is 1.70. The molecule has 3 aromatic rings. The fraction of sp³-hybridized carbons (Fsp3) is 0.333. The van der Waals surface area contributed by atoms with Crippen molar-refractivity contribution in [2.45, 2.75) is 50.7 Å². The number of benzene rings is 1. The van der Waals surface area contributed by atoms with Gasteiger partial charge in [0.05, 0.1) is 19.1 Å². The van der Waals surface area contributed by atoms with Crippen molar-refractivity contribution in [3.8, 4) is 0 Å². The van der Waals surface area contributed by atoms with Crippen LogP contribution in [0.5, 0.6) is 0 Å². The lowest BCUT2D eigenvalue weighted by Crippen LogP contribution is -2.46. The van der Waals surface area contributed by atoms with E-state index in [2.05, 4.69) is 5.32 Å². The minimum atomic E-state index is -0.967. The molecule has 2 amide bonds. The SMILES string of the molecule is O=C(NC1CCCCC1)[C@H](c1ccc(F)cc1)N(Cc1ccco1)C(=O)c1ccco1. The van der Waals surface area contributed by atoms with Crippen molar-refractivity contribution in [2.24, 2.45) is 0 Å². The van der Waals surface area contributed by atoms with Crippen LogP contribution in [-0.2, 0) is 11.3 Å². The highest BCUT2D eigenvalue weighted by molar-refractivity contribution is 5.96. The number of nitrogens with one attached hydrogen (secondary N) is 1. The van der Waals surface area contributed by atoms with Crippen LogP contribution in [0, 0.1) is 5.82 Å². The van der Waals surface area contributed by atoms with Crippen LogP contribution in [0.3, 0.4) is 0 Å². The van der Waals surface area contributed by atoms with E-state index in [4.69, 9.17) is 8.83 Å². The Morgan fingerprint density at radius 2 is 1.71 bits per heavy atom. The monoisotopic (exact) mass is 424 g/mol. The normalized spacial score (nSPS) is 15.4. The molecule has 2 aromatic heterocycles. The molecule has 4 rings (SSSR count). The molecule has 1 fully saturated rings. The highest BCUT2D eigenvalue weighted by Gasteiger charge is 2.35. The van der Waals surface area contributed by atoms with Gasteiger partial charge in [-0.3, -0.25) is 9.59 Å². The minimum absolute atomic E-state index is 0.0622. The molecule has 1 saturated carbocycles. The summed E-state index contributed by atoms with van der Waals surface area (Å²) in [5.74, 6) is -0.522. The Bertz CT molecular complexity index is 977. The minimum Gasteiger partial charge on any atom is -0.467 e. The molecular formula is C24H25FN2O4. The Kier molecular flexibility index (Phi) is 6.50. The quantitative estimate of drug-likeness (QED) is 0.589. The first-order valence-electron chi connectivity index (χ1n) is 10.5. The number of hydrogen-bond donors (Lipinski definition) is 1. The third-order valence-electron chi connectivity index (χ3n) is 5.60. The van der Waals surface area contributed by atoms with Crippen LogP contribution < -0.4 is 5.32 Å². The van der Waals surface area contributed by atoms with Gasteiger partial charge in [0.1, 0.15) is 17.6 Å². The van der Waals surface area contributed by atoms with Crippen LogP contribution in [-0.4, -0.2) is 22.8 Å². The van der Waals surface area contributed by atoms with Crippen LogP contribution in [0.4, 0.5) is 4.39 Å². The van der Waals surface area contributed by atoms with Gasteiger partial charge in [0, 0.05) is 6.04 Å². The summed E-state index contributed by atoms with van der Waals surface area (Å²) in [6, 6.07) is 11.4. The third-order valence-corrected chi connectivity index (χ3v) is 5.60. The number of carbonyl (C=O) groups is 2. The predicted molar refractivity (Wildman–Crippen MR) is 111 cm³/mol. The molecule has 0 aliphatic heterocycles. The lowest BCUT2D eigenvalue weighted by Gasteiger charge is -2.32. The summed E-state index contributed by atoms with van der Waals surface area (Å²) in [6.45, 7) is 0.0622. The Morgan fingerprint density at radius 3 is 2.35 bits per heavy atom. The van der Waals surface area contributed by atoms with Crippen LogP contribution in [0.1, 0.15) is 60.0 Å². The van der Waals surface area contributed by atoms with E-state index in [-0.39, 0.29) is 24.3 Å². The van der Waals surface area contributed by atoms with E-state index in [0.717, 1.165) is 32.1 Å². The zero-order valence-electron chi connectivity index (χ0n) is 17.1. The standard InChI is InChI=1S/C24H25FN2O4/c25-18-12-10-17(11-13-18)22(23(28)26-19-6-2-1-3-7-19)27(16-20-8-4-14-30-20)24(29)21-9-5-15-31-21/h4-5,8-15,19,22H,1-3,6-7,16H2,(H,26,28)/t22-/m0/s1. The van der Waals surface area contributed by atoms with Crippen LogP contribution in [0.15, 0.2) is 69.9 Å². The van der Waals surface area contributed by atoms with Crippen molar-refractivity contribution in [3.63, 3.8) is 0 Å². The van der Waals surface area contributed by atoms with Crippen LogP contribution in [0.25, 0.3) is 0 Å². The second-order valence-corrected chi connectivity index (χ2v) is 7.79. The maximum atomic E-state index is 13.6. The summed E-state index contributed by atoms with van der Waals surface area (Å²) in [7, 11) is 0. The van der Waals surface area contributed by atoms with Crippen LogP contribution in [0.2, 0.25) is 0 Å². The second-order valence-electron chi connectivity index (χ2n) is 7.79. The van der Waals surface area contributed by atoms with E-state index < -0.39 is 17.8 Å². The lowest BCUT2D eigenvalue weighted by molar-refractivity contribution is -0.127. The van der Waals surface area contributed by atoms with Gasteiger partial charge in [-0.1, -0.05) is 31.4 Å². The molecule has 162 valence electrons. The molecule has 6 nitrogen and oxygen atoms in total. The van der Waals surface area contributed by atoms with E-state index in [9.17, 15) is 14.0 Å². The van der Waals surface area contributed by atoms with Gasteiger partial charge < -0.3 is 19.1 Å². The smallest absolute Gasteiger partial charge is 0.290 e. The van der Waals surface area contributed by atoms with E-state index in [0.29, 0.717) is 11.3 Å². The summed E-state index contributed by atoms with van der Waals surface area (Å²) in [4.78, 5) is 28.2. The van der Waals surface area contributed by atoms with Crippen molar-refractivity contribution in [2.75, 3.05) is 0 Å². The van der Waals surface area contributed by atoms with Crippen molar-refractivity contribution < 1.29 is 22.8 Å². The van der Waals surface area contributed by atoms with E-state index in [1.165, 1.54) is 41.7 Å². The predicted octanol–water partition coefficient (Wildman–Crippen LogP) is 4.84. The number of amides is 2. The molecule has 2 heterocycles. The Hall–Kier alpha value is -3.35. The molecular weight excluding hydrogens is 399 g/mol. The lowest BCUT2D eigenvalue weighted by atomic mass is 9.94. The zero-order chi connectivity index (χ0) is 21.6. The fourth-order valence-electron chi connectivity index (χ4n) is 4.04. The zero-order valence-corrected chi connectivity index (χ0v) is 17.1. The van der Waals surface area contributed by atoms with Crippen LogP contribution >= 0.6 is 0 Å². The molecule has 1 aromatic carbocycles. The molecule has 0 bridgehead atoms. The van der Waals surface area contributed by atoms with Gasteiger partial charge in [0.2, 0.25) is 5.91 Å². The van der Waals surface area contributed by atoms with Gasteiger partial charge in [-0.25, -0.2) is 4.39 Å². The van der Waals surface area contributed by atoms with Gasteiger partial charge >= 0.3 is 0 Å². The Labute approximate surface area is 180 Å². The summed E-state index contributed by atoms with van der Waals surface area (Å²) >= 11 is 0. The highest BCUT2D eigenvalue weighted by atomic mass is 19.1. The molecule has 1 aliphatic carbocycles. The summed E-state index contributed by atoms with van der Waals surface area (Å²) in [6.07, 6.45) is 8.03. The number of furan rings is 2. The van der Waals surface area contributed by atoms with Crippen molar-refractivity contribution >= 4 is 11.8 Å². The molecule has 1 N–H and O–H groups in total. The summed E-state index contributed by atoms with van der Waals surface area (Å²) in [5.41, 5.74) is 0.515. The average Bonchev–Trinajstić information content (AvgIpc) is 3.49. The topological polar surface area (TPSA) is 75.7 Å². The number of halogens is 1. The molecule has 31 heavy (non-hydrogen) atoms. The maximum Gasteiger partial charge on any atom is 0.290 e. The molecule has 0 unspecified atom stereocenters. The average molecular weight is 424 g/mol. The van der Waals surface area contributed by atoms with E-state index in [1.54, 1.807) is 24.3 Å². The van der Waals surface area contributed by atoms with E-state index in [1.807, 2.05) is 0 Å². The summed E-state index contributed by atoms with van der Waals surface area (Å²) < 4.78 is 24.4.